The van der Waals surface area contributed by atoms with E-state index in [-0.39, 0.29) is 6.10 Å². The van der Waals surface area contributed by atoms with Gasteiger partial charge < -0.3 is 4.74 Å². The Morgan fingerprint density at radius 3 is 2.44 bits per heavy atom. The number of ether oxygens (including phenoxy) is 1. The minimum absolute atomic E-state index is 0.247. The van der Waals surface area contributed by atoms with Crippen LogP contribution in [-0.2, 0) is 11.3 Å². The van der Waals surface area contributed by atoms with Crippen LogP contribution in [0.3, 0.4) is 0 Å². The second kappa shape index (κ2) is 9.25. The van der Waals surface area contributed by atoms with Crippen LogP contribution in [0.4, 0.5) is 0 Å². The fourth-order valence-electron chi connectivity index (χ4n) is 3.46. The maximum Gasteiger partial charge on any atom is 0.127 e. The van der Waals surface area contributed by atoms with Crippen molar-refractivity contribution in [3.8, 4) is 0 Å². The van der Waals surface area contributed by atoms with Gasteiger partial charge in [0.05, 0.1) is 0 Å². The first-order valence-corrected chi connectivity index (χ1v) is 9.96. The third-order valence-electron chi connectivity index (χ3n) is 4.94. The molecule has 0 spiro atoms. The van der Waals surface area contributed by atoms with Gasteiger partial charge >= 0.3 is 0 Å². The van der Waals surface area contributed by atoms with E-state index < -0.39 is 0 Å². The van der Waals surface area contributed by atoms with Gasteiger partial charge in [0.15, 0.2) is 0 Å². The molecule has 0 N–H and O–H groups in total. The van der Waals surface area contributed by atoms with E-state index in [0.717, 1.165) is 54.4 Å². The number of piperidine rings is 1. The lowest BCUT2D eigenvalue weighted by Gasteiger charge is -2.33. The standard InChI is InChI=1S/C24H28ClNO/c1-18(2)16-24(23-7-5-4-6-19(23)3)27-22-12-14-26(15-13-22)17-20-8-10-21(25)11-9-20/h4-11,16,22H,1,12-15,17H2,2-3H3/b24-16+. The van der Waals surface area contributed by atoms with Gasteiger partial charge in [0.1, 0.15) is 11.9 Å². The summed E-state index contributed by atoms with van der Waals surface area (Å²) in [5.74, 6) is 0.941. The van der Waals surface area contributed by atoms with Crippen molar-refractivity contribution in [2.75, 3.05) is 13.1 Å². The molecule has 0 bridgehead atoms. The first kappa shape index (κ1) is 19.7. The molecule has 1 aliphatic rings. The van der Waals surface area contributed by atoms with Crippen molar-refractivity contribution in [3.63, 3.8) is 0 Å². The fourth-order valence-corrected chi connectivity index (χ4v) is 3.59. The Bertz CT molecular complexity index is 801. The highest BCUT2D eigenvalue weighted by atomic mass is 35.5. The Morgan fingerprint density at radius 2 is 1.81 bits per heavy atom. The van der Waals surface area contributed by atoms with Gasteiger partial charge in [-0.05, 0) is 56.0 Å². The van der Waals surface area contributed by atoms with E-state index in [1.807, 2.05) is 19.1 Å². The lowest BCUT2D eigenvalue weighted by atomic mass is 10.0. The molecule has 3 heteroatoms. The first-order chi connectivity index (χ1) is 13.0. The van der Waals surface area contributed by atoms with Crippen LogP contribution in [0.15, 0.2) is 66.8 Å². The Balaban J connectivity index is 1.60. The molecule has 2 nitrogen and oxygen atoms in total. The van der Waals surface area contributed by atoms with Crippen molar-refractivity contribution >= 4 is 17.4 Å². The summed E-state index contributed by atoms with van der Waals surface area (Å²) in [6.07, 6.45) is 4.37. The van der Waals surface area contributed by atoms with Gasteiger partial charge in [-0.25, -0.2) is 0 Å². The van der Waals surface area contributed by atoms with Crippen LogP contribution in [0.25, 0.3) is 5.76 Å². The molecule has 0 radical (unpaired) electrons. The average molecular weight is 382 g/mol. The summed E-state index contributed by atoms with van der Waals surface area (Å²) in [5, 5.41) is 0.791. The van der Waals surface area contributed by atoms with Crippen molar-refractivity contribution in [3.05, 3.63) is 88.5 Å². The van der Waals surface area contributed by atoms with Gasteiger partial charge in [-0.3, -0.25) is 4.90 Å². The molecule has 0 saturated carbocycles. The van der Waals surface area contributed by atoms with Crippen LogP contribution < -0.4 is 0 Å². The average Bonchev–Trinajstić information content (AvgIpc) is 2.65. The number of allylic oxidation sites excluding steroid dienone is 2. The van der Waals surface area contributed by atoms with E-state index in [9.17, 15) is 0 Å². The van der Waals surface area contributed by atoms with Crippen LogP contribution in [-0.4, -0.2) is 24.1 Å². The fraction of sp³-hybridized carbons (Fsp3) is 0.333. The van der Waals surface area contributed by atoms with Gasteiger partial charge in [-0.1, -0.05) is 60.2 Å². The summed E-state index contributed by atoms with van der Waals surface area (Å²) in [7, 11) is 0. The lowest BCUT2D eigenvalue weighted by Crippen LogP contribution is -2.36. The third kappa shape index (κ3) is 5.72. The SMILES string of the molecule is C=C(C)/C=C(/OC1CCN(Cc2ccc(Cl)cc2)CC1)c1ccccc1C. The molecular formula is C24H28ClNO. The van der Waals surface area contributed by atoms with Crippen LogP contribution in [0, 0.1) is 6.92 Å². The van der Waals surface area contributed by atoms with Crippen LogP contribution in [0.2, 0.25) is 5.02 Å². The maximum atomic E-state index is 6.44. The molecule has 0 unspecified atom stereocenters. The lowest BCUT2D eigenvalue weighted by molar-refractivity contribution is 0.0770. The summed E-state index contributed by atoms with van der Waals surface area (Å²) in [6.45, 7) is 11.2. The molecule has 1 saturated heterocycles. The molecule has 2 aromatic carbocycles. The van der Waals surface area contributed by atoms with Crippen molar-refractivity contribution in [1.29, 1.82) is 0 Å². The zero-order chi connectivity index (χ0) is 19.2. The van der Waals surface area contributed by atoms with E-state index in [0.29, 0.717) is 0 Å². The highest BCUT2D eigenvalue weighted by molar-refractivity contribution is 6.30. The van der Waals surface area contributed by atoms with Crippen LogP contribution >= 0.6 is 11.6 Å². The Labute approximate surface area is 168 Å². The van der Waals surface area contributed by atoms with Gasteiger partial charge in [-0.15, -0.1) is 0 Å². The Hall–Kier alpha value is -2.03. The van der Waals surface area contributed by atoms with E-state index in [1.54, 1.807) is 0 Å². The number of hydrogen-bond acceptors (Lipinski definition) is 2. The van der Waals surface area contributed by atoms with E-state index in [1.165, 1.54) is 11.1 Å². The quantitative estimate of drug-likeness (QED) is 0.433. The number of hydrogen-bond donors (Lipinski definition) is 0. The molecule has 142 valence electrons. The van der Waals surface area contributed by atoms with Crippen molar-refractivity contribution in [2.24, 2.45) is 0 Å². The van der Waals surface area contributed by atoms with Crippen LogP contribution in [0.5, 0.6) is 0 Å². The van der Waals surface area contributed by atoms with Crippen LogP contribution in [0.1, 0.15) is 36.5 Å². The summed E-state index contributed by atoms with van der Waals surface area (Å²) < 4.78 is 6.44. The molecule has 27 heavy (non-hydrogen) atoms. The zero-order valence-electron chi connectivity index (χ0n) is 16.2. The molecule has 0 aliphatic carbocycles. The number of halogens is 1. The second-order valence-electron chi connectivity index (χ2n) is 7.39. The van der Waals surface area contributed by atoms with Crippen molar-refractivity contribution in [2.45, 2.75) is 39.3 Å². The van der Waals surface area contributed by atoms with Gasteiger partial charge in [0, 0.05) is 30.2 Å². The van der Waals surface area contributed by atoms with E-state index in [4.69, 9.17) is 16.3 Å². The Morgan fingerprint density at radius 1 is 1.15 bits per heavy atom. The Kier molecular flexibility index (Phi) is 6.76. The summed E-state index contributed by atoms with van der Waals surface area (Å²) in [5.41, 5.74) is 4.70. The number of likely N-dealkylation sites (tertiary alicyclic amines) is 1. The van der Waals surface area contributed by atoms with Gasteiger partial charge in [0.2, 0.25) is 0 Å². The molecule has 1 heterocycles. The number of nitrogens with zero attached hydrogens (tertiary/aromatic N) is 1. The molecule has 1 aliphatic heterocycles. The highest BCUT2D eigenvalue weighted by Gasteiger charge is 2.22. The van der Waals surface area contributed by atoms with Crippen molar-refractivity contribution < 1.29 is 4.74 Å². The molecule has 0 atom stereocenters. The molecule has 1 fully saturated rings. The maximum absolute atomic E-state index is 6.44. The smallest absolute Gasteiger partial charge is 0.127 e. The number of rotatable bonds is 6. The topological polar surface area (TPSA) is 12.5 Å². The summed E-state index contributed by atoms with van der Waals surface area (Å²) >= 11 is 5.98. The largest absolute Gasteiger partial charge is 0.490 e. The molecular weight excluding hydrogens is 354 g/mol. The van der Waals surface area contributed by atoms with Gasteiger partial charge in [-0.2, -0.15) is 0 Å². The zero-order valence-corrected chi connectivity index (χ0v) is 17.0. The van der Waals surface area contributed by atoms with E-state index >= 15 is 0 Å². The minimum Gasteiger partial charge on any atom is -0.490 e. The monoisotopic (exact) mass is 381 g/mol. The summed E-state index contributed by atoms with van der Waals surface area (Å²) in [6, 6.07) is 16.5. The highest BCUT2D eigenvalue weighted by Crippen LogP contribution is 2.27. The van der Waals surface area contributed by atoms with E-state index in [2.05, 4.69) is 60.9 Å². The molecule has 0 amide bonds. The number of aryl methyl sites for hydroxylation is 1. The number of benzene rings is 2. The first-order valence-electron chi connectivity index (χ1n) is 9.58. The normalized spacial score (nSPS) is 16.3. The molecule has 0 aromatic heterocycles. The molecule has 3 rings (SSSR count). The van der Waals surface area contributed by atoms with Crippen molar-refractivity contribution in [1.82, 2.24) is 4.90 Å². The predicted molar refractivity (Wildman–Crippen MR) is 115 cm³/mol. The third-order valence-corrected chi connectivity index (χ3v) is 5.19. The summed E-state index contributed by atoms with van der Waals surface area (Å²) in [4.78, 5) is 2.49. The minimum atomic E-state index is 0.247. The second-order valence-corrected chi connectivity index (χ2v) is 7.83. The van der Waals surface area contributed by atoms with Gasteiger partial charge in [0.25, 0.3) is 0 Å². The predicted octanol–water partition coefficient (Wildman–Crippen LogP) is 6.25. The molecule has 2 aromatic rings.